The van der Waals surface area contributed by atoms with Crippen LogP contribution in [0.3, 0.4) is 0 Å². The van der Waals surface area contributed by atoms with Gasteiger partial charge in [-0.3, -0.25) is 20.8 Å². The molecule has 0 atom stereocenters. The Morgan fingerprint density at radius 1 is 1.45 bits per heavy atom. The molecular weight excluding hydrogens is 260 g/mol. The van der Waals surface area contributed by atoms with Crippen LogP contribution >= 0.6 is 0 Å². The molecule has 0 bridgehead atoms. The van der Waals surface area contributed by atoms with Crippen molar-refractivity contribution < 1.29 is 9.72 Å². The lowest BCUT2D eigenvalue weighted by atomic mass is 10.1. The summed E-state index contributed by atoms with van der Waals surface area (Å²) in [5, 5.41) is 13.5. The van der Waals surface area contributed by atoms with Crippen LogP contribution in [0.5, 0.6) is 0 Å². The van der Waals surface area contributed by atoms with Crippen LogP contribution in [0, 0.1) is 16.0 Å². The van der Waals surface area contributed by atoms with E-state index in [-0.39, 0.29) is 17.2 Å². The summed E-state index contributed by atoms with van der Waals surface area (Å²) < 4.78 is 0. The lowest BCUT2D eigenvalue weighted by molar-refractivity contribution is -0.384. The second-order valence-electron chi connectivity index (χ2n) is 4.97. The summed E-state index contributed by atoms with van der Waals surface area (Å²) in [6, 6.07) is 3.96. The number of amides is 1. The topological polar surface area (TPSA) is 110 Å². The molecule has 0 saturated heterocycles. The van der Waals surface area contributed by atoms with Gasteiger partial charge in [-0.2, -0.15) is 0 Å². The molecule has 7 heteroatoms. The summed E-state index contributed by atoms with van der Waals surface area (Å²) in [5.41, 5.74) is 2.80. The molecular formula is C13H18N4O3. The molecule has 1 aliphatic carbocycles. The second kappa shape index (κ2) is 6.33. The summed E-state index contributed by atoms with van der Waals surface area (Å²) >= 11 is 0. The van der Waals surface area contributed by atoms with Gasteiger partial charge < -0.3 is 10.7 Å². The molecule has 108 valence electrons. The highest BCUT2D eigenvalue weighted by Crippen LogP contribution is 2.33. The third kappa shape index (κ3) is 3.67. The van der Waals surface area contributed by atoms with Gasteiger partial charge in [-0.05, 0) is 24.8 Å². The first kappa shape index (κ1) is 14.3. The van der Waals surface area contributed by atoms with E-state index in [2.05, 4.69) is 10.7 Å². The predicted molar refractivity (Wildman–Crippen MR) is 75.2 cm³/mol. The standard InChI is InChI=1S/C13H18N4O3/c14-16-12-6-5-10(17(19)20)8-11(12)13(18)15-7-1-2-9-3-4-9/h5-6,8-9,16H,1-4,7,14H2,(H,15,18). The van der Waals surface area contributed by atoms with Gasteiger partial charge in [0.25, 0.3) is 11.6 Å². The van der Waals surface area contributed by atoms with E-state index in [1.54, 1.807) is 0 Å². The summed E-state index contributed by atoms with van der Waals surface area (Å²) in [7, 11) is 0. The SMILES string of the molecule is NNc1ccc([N+](=O)[O-])cc1C(=O)NCCCC1CC1. The lowest BCUT2D eigenvalue weighted by Gasteiger charge is -2.09. The first-order valence-corrected chi connectivity index (χ1v) is 6.65. The molecule has 2 rings (SSSR count). The van der Waals surface area contributed by atoms with Crippen LogP contribution in [0.1, 0.15) is 36.0 Å². The zero-order valence-electron chi connectivity index (χ0n) is 11.1. The number of hydrogen-bond acceptors (Lipinski definition) is 5. The minimum Gasteiger partial charge on any atom is -0.352 e. The number of nitrogens with two attached hydrogens (primary N) is 1. The molecule has 1 aliphatic rings. The summed E-state index contributed by atoms with van der Waals surface area (Å²) in [5.74, 6) is 5.79. The van der Waals surface area contributed by atoms with E-state index >= 15 is 0 Å². The predicted octanol–water partition coefficient (Wildman–Crippen LogP) is 1.80. The van der Waals surface area contributed by atoms with Crippen molar-refractivity contribution in [3.05, 3.63) is 33.9 Å². The van der Waals surface area contributed by atoms with Gasteiger partial charge in [-0.25, -0.2) is 0 Å². The van der Waals surface area contributed by atoms with E-state index in [0.717, 1.165) is 18.8 Å². The van der Waals surface area contributed by atoms with Crippen molar-refractivity contribution in [2.24, 2.45) is 11.8 Å². The van der Waals surface area contributed by atoms with E-state index in [9.17, 15) is 14.9 Å². The van der Waals surface area contributed by atoms with Crippen LogP contribution < -0.4 is 16.6 Å². The van der Waals surface area contributed by atoms with E-state index in [4.69, 9.17) is 5.84 Å². The maximum Gasteiger partial charge on any atom is 0.270 e. The number of benzene rings is 1. The van der Waals surface area contributed by atoms with Gasteiger partial charge in [-0.1, -0.05) is 12.8 Å². The molecule has 0 spiro atoms. The minimum atomic E-state index is -0.538. The van der Waals surface area contributed by atoms with Crippen LogP contribution in [-0.4, -0.2) is 17.4 Å². The first-order chi connectivity index (χ1) is 9.61. The number of hydrazine groups is 1. The number of nitrogens with zero attached hydrogens (tertiary/aromatic N) is 1. The Labute approximate surface area is 116 Å². The highest BCUT2D eigenvalue weighted by Gasteiger charge is 2.20. The van der Waals surface area contributed by atoms with Gasteiger partial charge >= 0.3 is 0 Å². The number of nitro groups is 1. The Balaban J connectivity index is 1.98. The Bertz CT molecular complexity index is 514. The number of carbonyl (C=O) groups is 1. The number of nitro benzene ring substituents is 1. The maximum atomic E-state index is 12.0. The molecule has 7 nitrogen and oxygen atoms in total. The Kier molecular flexibility index (Phi) is 4.52. The van der Waals surface area contributed by atoms with Crippen LogP contribution in [-0.2, 0) is 0 Å². The minimum absolute atomic E-state index is 0.132. The molecule has 0 heterocycles. The molecule has 0 unspecified atom stereocenters. The Morgan fingerprint density at radius 2 is 2.20 bits per heavy atom. The number of carbonyl (C=O) groups excluding carboxylic acids is 1. The van der Waals surface area contributed by atoms with Crippen LogP contribution in [0.4, 0.5) is 11.4 Å². The Hall–Kier alpha value is -2.15. The highest BCUT2D eigenvalue weighted by molar-refractivity contribution is 6.00. The van der Waals surface area contributed by atoms with Gasteiger partial charge in [0.05, 0.1) is 16.2 Å². The van der Waals surface area contributed by atoms with Crippen LogP contribution in [0.25, 0.3) is 0 Å². The van der Waals surface area contributed by atoms with Crippen LogP contribution in [0.15, 0.2) is 18.2 Å². The summed E-state index contributed by atoms with van der Waals surface area (Å²) in [6.07, 6.45) is 4.63. The van der Waals surface area contributed by atoms with Crippen molar-refractivity contribution in [2.75, 3.05) is 12.0 Å². The molecule has 0 aliphatic heterocycles. The average Bonchev–Trinajstić information content (AvgIpc) is 3.26. The first-order valence-electron chi connectivity index (χ1n) is 6.65. The maximum absolute atomic E-state index is 12.0. The normalized spacial score (nSPS) is 13.8. The van der Waals surface area contributed by atoms with Crippen molar-refractivity contribution in [3.63, 3.8) is 0 Å². The van der Waals surface area contributed by atoms with E-state index in [1.165, 1.54) is 31.0 Å². The fourth-order valence-corrected chi connectivity index (χ4v) is 2.05. The quantitative estimate of drug-likeness (QED) is 0.305. The number of anilines is 1. The molecule has 20 heavy (non-hydrogen) atoms. The molecule has 0 radical (unpaired) electrons. The molecule has 0 aromatic heterocycles. The van der Waals surface area contributed by atoms with E-state index < -0.39 is 4.92 Å². The molecule has 1 amide bonds. The van der Waals surface area contributed by atoms with E-state index in [0.29, 0.717) is 12.2 Å². The van der Waals surface area contributed by atoms with Gasteiger partial charge in [0.2, 0.25) is 0 Å². The molecule has 4 N–H and O–H groups in total. The molecule has 1 aromatic carbocycles. The number of nitrogens with one attached hydrogen (secondary N) is 2. The zero-order chi connectivity index (χ0) is 14.5. The van der Waals surface area contributed by atoms with Gasteiger partial charge in [0, 0.05) is 18.7 Å². The fraction of sp³-hybridized carbons (Fsp3) is 0.462. The molecule has 1 saturated carbocycles. The smallest absolute Gasteiger partial charge is 0.270 e. The van der Waals surface area contributed by atoms with Crippen molar-refractivity contribution in [2.45, 2.75) is 25.7 Å². The van der Waals surface area contributed by atoms with Crippen molar-refractivity contribution in [3.8, 4) is 0 Å². The highest BCUT2D eigenvalue weighted by atomic mass is 16.6. The number of hydrogen-bond donors (Lipinski definition) is 3. The Morgan fingerprint density at radius 3 is 2.80 bits per heavy atom. The largest absolute Gasteiger partial charge is 0.352 e. The van der Waals surface area contributed by atoms with Crippen LogP contribution in [0.2, 0.25) is 0 Å². The second-order valence-corrected chi connectivity index (χ2v) is 4.97. The van der Waals surface area contributed by atoms with Gasteiger partial charge in [-0.15, -0.1) is 0 Å². The number of rotatable bonds is 7. The number of nitrogen functional groups attached to an aromatic ring is 1. The molecule has 1 aromatic rings. The van der Waals surface area contributed by atoms with Crippen molar-refractivity contribution in [1.82, 2.24) is 5.32 Å². The fourth-order valence-electron chi connectivity index (χ4n) is 2.05. The number of non-ortho nitro benzene ring substituents is 1. The van der Waals surface area contributed by atoms with Gasteiger partial charge in [0.15, 0.2) is 0 Å². The zero-order valence-corrected chi connectivity index (χ0v) is 11.1. The van der Waals surface area contributed by atoms with Gasteiger partial charge in [0.1, 0.15) is 0 Å². The van der Waals surface area contributed by atoms with Crippen molar-refractivity contribution in [1.29, 1.82) is 0 Å². The van der Waals surface area contributed by atoms with E-state index in [1.807, 2.05) is 0 Å². The third-order valence-corrected chi connectivity index (χ3v) is 3.39. The summed E-state index contributed by atoms with van der Waals surface area (Å²) in [4.78, 5) is 22.2. The van der Waals surface area contributed by atoms with Crippen molar-refractivity contribution >= 4 is 17.3 Å². The molecule has 1 fully saturated rings. The average molecular weight is 278 g/mol. The third-order valence-electron chi connectivity index (χ3n) is 3.39. The lowest BCUT2D eigenvalue weighted by Crippen LogP contribution is -2.26. The monoisotopic (exact) mass is 278 g/mol. The summed E-state index contributed by atoms with van der Waals surface area (Å²) in [6.45, 7) is 0.571.